The van der Waals surface area contributed by atoms with Crippen molar-refractivity contribution in [3.8, 4) is 17.5 Å². The molecule has 0 radical (unpaired) electrons. The molecule has 0 aliphatic heterocycles. The maximum absolute atomic E-state index is 13.9. The normalized spacial score (nSPS) is 11.8. The van der Waals surface area contributed by atoms with E-state index in [9.17, 15) is 9.59 Å². The lowest BCUT2D eigenvalue weighted by Gasteiger charge is -2.18. The number of nitrogen functional groups attached to an aromatic ring is 1. The van der Waals surface area contributed by atoms with Crippen LogP contribution in [0.2, 0.25) is 0 Å². The average molecular weight is 520 g/mol. The average Bonchev–Trinajstić information content (AvgIpc) is 3.63. The third-order valence-electron chi connectivity index (χ3n) is 6.06. The zero-order valence-electron chi connectivity index (χ0n) is 20.9. The van der Waals surface area contributed by atoms with Gasteiger partial charge in [-0.25, -0.2) is 9.50 Å². The van der Waals surface area contributed by atoms with Crippen LogP contribution in [-0.2, 0) is 7.05 Å². The molecular formula is C27H21N9O3. The van der Waals surface area contributed by atoms with E-state index in [1.165, 1.54) is 21.5 Å². The van der Waals surface area contributed by atoms with E-state index in [0.717, 1.165) is 0 Å². The number of aryl methyl sites for hydroxylation is 1. The van der Waals surface area contributed by atoms with E-state index in [0.29, 0.717) is 22.5 Å². The molecule has 0 bridgehead atoms. The van der Waals surface area contributed by atoms with Gasteiger partial charge in [0.05, 0.1) is 29.1 Å². The van der Waals surface area contributed by atoms with E-state index in [4.69, 9.17) is 10.2 Å². The molecule has 0 spiro atoms. The summed E-state index contributed by atoms with van der Waals surface area (Å²) in [5, 5.41) is 11.4. The molecule has 12 heteroatoms. The fourth-order valence-electron chi connectivity index (χ4n) is 4.29. The van der Waals surface area contributed by atoms with E-state index >= 15 is 0 Å². The Morgan fingerprint density at radius 2 is 1.92 bits per heavy atom. The van der Waals surface area contributed by atoms with Gasteiger partial charge in [0.1, 0.15) is 17.5 Å². The van der Waals surface area contributed by atoms with Crippen LogP contribution < -0.4 is 16.6 Å². The molecule has 1 aromatic carbocycles. The summed E-state index contributed by atoms with van der Waals surface area (Å²) in [5.41, 5.74) is 7.91. The maximum atomic E-state index is 13.9. The van der Waals surface area contributed by atoms with Crippen LogP contribution in [0.5, 0.6) is 0 Å². The van der Waals surface area contributed by atoms with Crippen molar-refractivity contribution in [2.45, 2.75) is 13.0 Å². The van der Waals surface area contributed by atoms with E-state index in [-0.39, 0.29) is 34.0 Å². The summed E-state index contributed by atoms with van der Waals surface area (Å²) in [6.45, 7) is 1.71. The van der Waals surface area contributed by atoms with Crippen molar-refractivity contribution in [2.75, 3.05) is 5.73 Å². The molecule has 6 rings (SSSR count). The molecule has 3 N–H and O–H groups in total. The SMILES string of the molecule is C[C@@H](NC(=O)c1c(N)nc2cccnn12)c1nc2occ(C#Cc3cnn(C)c3)c2c(=O)n1-c1ccccc1. The number of para-hydroxylation sites is 1. The van der Waals surface area contributed by atoms with Crippen LogP contribution in [0.3, 0.4) is 0 Å². The van der Waals surface area contributed by atoms with E-state index in [1.807, 2.05) is 18.2 Å². The lowest BCUT2D eigenvalue weighted by molar-refractivity contribution is 0.0931. The highest BCUT2D eigenvalue weighted by molar-refractivity contribution is 5.98. The molecule has 0 saturated heterocycles. The predicted octanol–water partition coefficient (Wildman–Crippen LogP) is 2.23. The fourth-order valence-corrected chi connectivity index (χ4v) is 4.29. The Labute approximate surface area is 220 Å². The molecule has 39 heavy (non-hydrogen) atoms. The van der Waals surface area contributed by atoms with Gasteiger partial charge in [-0.3, -0.25) is 18.8 Å². The summed E-state index contributed by atoms with van der Waals surface area (Å²) in [7, 11) is 1.79. The molecule has 5 aromatic heterocycles. The number of nitrogens with zero attached hydrogens (tertiary/aromatic N) is 7. The number of hydrogen-bond donors (Lipinski definition) is 2. The maximum Gasteiger partial charge on any atom is 0.274 e. The molecule has 0 aliphatic carbocycles. The topological polar surface area (TPSA) is 151 Å². The summed E-state index contributed by atoms with van der Waals surface area (Å²) in [4.78, 5) is 36.0. The van der Waals surface area contributed by atoms with Crippen LogP contribution in [-0.4, -0.2) is 39.8 Å². The first-order valence-electron chi connectivity index (χ1n) is 11.9. The molecule has 1 atom stereocenters. The van der Waals surface area contributed by atoms with Crippen LogP contribution in [0.15, 0.2) is 76.5 Å². The number of furan rings is 1. The monoisotopic (exact) mass is 519 g/mol. The zero-order chi connectivity index (χ0) is 27.1. The number of carbonyl (C=O) groups excluding carboxylic acids is 1. The summed E-state index contributed by atoms with van der Waals surface area (Å²) in [5.74, 6) is 5.75. The van der Waals surface area contributed by atoms with Gasteiger partial charge in [-0.05, 0) is 31.2 Å². The number of imidazole rings is 1. The minimum absolute atomic E-state index is 0.0325. The molecule has 6 aromatic rings. The second kappa shape index (κ2) is 9.31. The highest BCUT2D eigenvalue weighted by atomic mass is 16.3. The molecule has 0 saturated carbocycles. The largest absolute Gasteiger partial charge is 0.445 e. The summed E-state index contributed by atoms with van der Waals surface area (Å²) < 4.78 is 10.1. The first-order chi connectivity index (χ1) is 18.9. The van der Waals surface area contributed by atoms with Crippen molar-refractivity contribution >= 4 is 28.5 Å². The van der Waals surface area contributed by atoms with Crippen molar-refractivity contribution in [1.29, 1.82) is 0 Å². The number of benzene rings is 1. The Morgan fingerprint density at radius 1 is 1.10 bits per heavy atom. The first kappa shape index (κ1) is 23.7. The van der Waals surface area contributed by atoms with E-state index in [2.05, 4.69) is 37.3 Å². The quantitative estimate of drug-likeness (QED) is 0.337. The molecule has 0 fully saturated rings. The van der Waals surface area contributed by atoms with Gasteiger partial charge in [0.25, 0.3) is 11.5 Å². The lowest BCUT2D eigenvalue weighted by Crippen LogP contribution is -2.34. The first-order valence-corrected chi connectivity index (χ1v) is 11.9. The molecule has 12 nitrogen and oxygen atoms in total. The van der Waals surface area contributed by atoms with Crippen LogP contribution in [0, 0.1) is 11.8 Å². The van der Waals surface area contributed by atoms with Gasteiger partial charge in [-0.1, -0.05) is 30.0 Å². The predicted molar refractivity (Wildman–Crippen MR) is 142 cm³/mol. The zero-order valence-corrected chi connectivity index (χ0v) is 20.9. The van der Waals surface area contributed by atoms with Crippen LogP contribution in [0.1, 0.15) is 40.4 Å². The summed E-state index contributed by atoms with van der Waals surface area (Å²) >= 11 is 0. The third-order valence-corrected chi connectivity index (χ3v) is 6.06. The van der Waals surface area contributed by atoms with Gasteiger partial charge in [-0.15, -0.1) is 0 Å². The van der Waals surface area contributed by atoms with Gasteiger partial charge in [0.15, 0.2) is 17.2 Å². The van der Waals surface area contributed by atoms with Crippen LogP contribution >= 0.6 is 0 Å². The van der Waals surface area contributed by atoms with Crippen molar-refractivity contribution in [2.24, 2.45) is 7.05 Å². The standard InChI is InChI=1S/C27H21N9O3/c1-16(31-25(37)22-23(28)32-20-9-6-12-29-36(20)22)24-33-26-21(27(38)35(24)19-7-4-3-5-8-19)18(15-39-26)11-10-17-13-30-34(2)14-17/h3-9,12-16H,28H2,1-2H3,(H,31,37)/t16-/m1/s1. The number of fused-ring (bicyclic) bond motifs is 2. The Balaban J connectivity index is 1.45. The van der Waals surface area contributed by atoms with Crippen molar-refractivity contribution < 1.29 is 9.21 Å². The summed E-state index contributed by atoms with van der Waals surface area (Å²) in [6, 6.07) is 11.7. The van der Waals surface area contributed by atoms with Crippen molar-refractivity contribution in [1.82, 2.24) is 39.2 Å². The van der Waals surface area contributed by atoms with E-state index in [1.54, 1.807) is 55.3 Å². The minimum atomic E-state index is -0.738. The van der Waals surface area contributed by atoms with E-state index < -0.39 is 11.9 Å². The fraction of sp³-hybridized carbons (Fsp3) is 0.111. The minimum Gasteiger partial charge on any atom is -0.445 e. The van der Waals surface area contributed by atoms with Gasteiger partial charge in [-0.2, -0.15) is 15.2 Å². The number of rotatable bonds is 4. The smallest absolute Gasteiger partial charge is 0.274 e. The highest BCUT2D eigenvalue weighted by Crippen LogP contribution is 2.22. The molecule has 0 unspecified atom stereocenters. The van der Waals surface area contributed by atoms with Crippen molar-refractivity contribution in [3.63, 3.8) is 0 Å². The second-order valence-electron chi connectivity index (χ2n) is 8.76. The molecule has 0 aliphatic rings. The second-order valence-corrected chi connectivity index (χ2v) is 8.76. The third kappa shape index (κ3) is 4.17. The van der Waals surface area contributed by atoms with Gasteiger partial charge >= 0.3 is 0 Å². The van der Waals surface area contributed by atoms with Crippen molar-refractivity contribution in [3.05, 3.63) is 100 Å². The number of anilines is 1. The lowest BCUT2D eigenvalue weighted by atomic mass is 10.2. The molecule has 192 valence electrons. The number of amides is 1. The van der Waals surface area contributed by atoms with Gasteiger partial charge in [0.2, 0.25) is 5.71 Å². The molecule has 1 amide bonds. The number of nitrogens with two attached hydrogens (primary N) is 1. The van der Waals surface area contributed by atoms with Crippen LogP contribution in [0.25, 0.3) is 22.4 Å². The Hall–Kier alpha value is -5.70. The van der Waals surface area contributed by atoms with Gasteiger partial charge in [0, 0.05) is 19.4 Å². The number of aromatic nitrogens is 7. The van der Waals surface area contributed by atoms with Gasteiger partial charge < -0.3 is 15.5 Å². The number of hydrogen-bond acceptors (Lipinski definition) is 8. The Bertz CT molecular complexity index is 1990. The number of carbonyl (C=O) groups is 1. The molecular weight excluding hydrogens is 498 g/mol. The Morgan fingerprint density at radius 3 is 2.69 bits per heavy atom. The number of nitrogens with one attached hydrogen (secondary N) is 1. The highest BCUT2D eigenvalue weighted by Gasteiger charge is 2.25. The molecule has 5 heterocycles. The Kier molecular flexibility index (Phi) is 5.65. The summed E-state index contributed by atoms with van der Waals surface area (Å²) in [6.07, 6.45) is 6.33. The van der Waals surface area contributed by atoms with Crippen LogP contribution in [0.4, 0.5) is 5.82 Å².